The van der Waals surface area contributed by atoms with Crippen molar-refractivity contribution in [3.63, 3.8) is 0 Å². The van der Waals surface area contributed by atoms with Crippen molar-refractivity contribution in [2.24, 2.45) is 0 Å². The highest BCUT2D eigenvalue weighted by Gasteiger charge is 2.15. The number of nitriles is 1. The van der Waals surface area contributed by atoms with Crippen LogP contribution in [0.3, 0.4) is 0 Å². The first-order chi connectivity index (χ1) is 16.7. The van der Waals surface area contributed by atoms with Crippen molar-refractivity contribution >= 4 is 21.8 Å². The van der Waals surface area contributed by atoms with E-state index in [-0.39, 0.29) is 0 Å². The number of hydrogen-bond acceptors (Lipinski definition) is 2. The molecule has 0 spiro atoms. The maximum absolute atomic E-state index is 9.94. The van der Waals surface area contributed by atoms with Crippen molar-refractivity contribution < 1.29 is 0 Å². The molecule has 6 rings (SSSR count). The lowest BCUT2D eigenvalue weighted by atomic mass is 9.99. The highest BCUT2D eigenvalue weighted by atomic mass is 15.0. The molecule has 2 heterocycles. The average Bonchev–Trinajstić information content (AvgIpc) is 3.23. The number of fused-ring (bicyclic) bond motifs is 3. The molecular weight excluding hydrogens is 414 g/mol. The van der Waals surface area contributed by atoms with Gasteiger partial charge in [-0.15, -0.1) is 0 Å². The summed E-state index contributed by atoms with van der Waals surface area (Å²) in [6.45, 7) is 2.15. The van der Waals surface area contributed by atoms with Gasteiger partial charge in [-0.05, 0) is 77.2 Å². The summed E-state index contributed by atoms with van der Waals surface area (Å²) in [4.78, 5) is 4.10. The molecule has 0 unspecified atom stereocenters. The molecule has 0 atom stereocenters. The topological polar surface area (TPSA) is 41.6 Å². The summed E-state index contributed by atoms with van der Waals surface area (Å²) in [5.74, 6) is 0. The van der Waals surface area contributed by atoms with Crippen LogP contribution in [0.25, 0.3) is 49.7 Å². The van der Waals surface area contributed by atoms with Gasteiger partial charge in [0.25, 0.3) is 0 Å². The predicted molar refractivity (Wildman–Crippen MR) is 139 cm³/mol. The van der Waals surface area contributed by atoms with Gasteiger partial charge >= 0.3 is 0 Å². The molecular formula is C31H21N3. The lowest BCUT2D eigenvalue weighted by molar-refractivity contribution is 1.18. The van der Waals surface area contributed by atoms with Crippen molar-refractivity contribution in [1.82, 2.24) is 9.55 Å². The number of aromatic nitrogens is 2. The van der Waals surface area contributed by atoms with Crippen LogP contribution in [-0.2, 0) is 0 Å². The molecule has 4 aromatic carbocycles. The van der Waals surface area contributed by atoms with E-state index in [9.17, 15) is 5.26 Å². The number of pyridine rings is 1. The smallest absolute Gasteiger partial charge is 0.0998 e. The van der Waals surface area contributed by atoms with E-state index >= 15 is 0 Å². The molecule has 0 saturated carbocycles. The Kier molecular flexibility index (Phi) is 4.71. The summed E-state index contributed by atoms with van der Waals surface area (Å²) in [7, 11) is 0. The number of aryl methyl sites for hydroxylation is 1. The summed E-state index contributed by atoms with van der Waals surface area (Å²) in [5, 5.41) is 12.3. The van der Waals surface area contributed by atoms with Crippen LogP contribution < -0.4 is 0 Å². The van der Waals surface area contributed by atoms with Crippen LogP contribution in [0.1, 0.15) is 11.1 Å². The second kappa shape index (κ2) is 8.03. The molecule has 160 valence electrons. The zero-order valence-corrected chi connectivity index (χ0v) is 18.7. The maximum Gasteiger partial charge on any atom is 0.0998 e. The SMILES string of the molecule is Cc1ccccc1-c1ccc2c(c1)c1ccccc1n2-c1ccc(-c2ccncc2)c(C#N)c1. The molecule has 0 N–H and O–H groups in total. The molecule has 3 heteroatoms. The van der Waals surface area contributed by atoms with Crippen LogP contribution in [0.15, 0.2) is 109 Å². The lowest BCUT2D eigenvalue weighted by Crippen LogP contribution is -1.96. The van der Waals surface area contributed by atoms with Crippen molar-refractivity contribution in [3.8, 4) is 34.0 Å². The molecule has 0 aliphatic carbocycles. The van der Waals surface area contributed by atoms with E-state index in [4.69, 9.17) is 0 Å². The standard InChI is InChI=1S/C31H21N3/c1-21-6-2-3-7-26(21)23-10-13-31-29(19-23)28-8-4-5-9-30(28)34(31)25-11-12-27(24(18-25)20-32)22-14-16-33-17-15-22/h2-19H,1H3. The second-order valence-electron chi connectivity index (χ2n) is 8.48. The molecule has 0 bridgehead atoms. The number of benzene rings is 4. The average molecular weight is 436 g/mol. The Balaban J connectivity index is 1.59. The normalized spacial score (nSPS) is 11.1. The summed E-state index contributed by atoms with van der Waals surface area (Å²) in [6, 6.07) is 36.0. The van der Waals surface area contributed by atoms with E-state index in [1.54, 1.807) is 12.4 Å². The Bertz CT molecular complexity index is 1720. The van der Waals surface area contributed by atoms with E-state index in [2.05, 4.69) is 95.3 Å². The third-order valence-corrected chi connectivity index (χ3v) is 6.50. The van der Waals surface area contributed by atoms with Crippen LogP contribution in [0.5, 0.6) is 0 Å². The van der Waals surface area contributed by atoms with Gasteiger partial charge in [-0.2, -0.15) is 5.26 Å². The quantitative estimate of drug-likeness (QED) is 0.286. The highest BCUT2D eigenvalue weighted by molar-refractivity contribution is 6.10. The Morgan fingerprint density at radius 1 is 0.676 bits per heavy atom. The number of nitrogens with zero attached hydrogens (tertiary/aromatic N) is 3. The van der Waals surface area contributed by atoms with Gasteiger partial charge in [-0.3, -0.25) is 4.98 Å². The van der Waals surface area contributed by atoms with E-state index < -0.39 is 0 Å². The summed E-state index contributed by atoms with van der Waals surface area (Å²) in [6.07, 6.45) is 3.51. The molecule has 34 heavy (non-hydrogen) atoms. The minimum Gasteiger partial charge on any atom is -0.309 e. The third kappa shape index (κ3) is 3.17. The molecule has 2 aromatic heterocycles. The Labute approximate surface area is 198 Å². The molecule has 0 aliphatic heterocycles. The van der Waals surface area contributed by atoms with Gasteiger partial charge in [-0.25, -0.2) is 0 Å². The monoisotopic (exact) mass is 435 g/mol. The predicted octanol–water partition coefficient (Wildman–Crippen LogP) is 7.69. The minimum absolute atomic E-state index is 0.645. The van der Waals surface area contributed by atoms with Crippen LogP contribution in [0, 0.1) is 18.3 Å². The molecule has 0 radical (unpaired) electrons. The Hall–Kier alpha value is -4.68. The summed E-state index contributed by atoms with van der Waals surface area (Å²) >= 11 is 0. The van der Waals surface area contributed by atoms with E-state index in [1.165, 1.54) is 27.5 Å². The fraction of sp³-hybridized carbons (Fsp3) is 0.0323. The number of rotatable bonds is 3. The van der Waals surface area contributed by atoms with Gasteiger partial charge in [-0.1, -0.05) is 54.6 Å². The van der Waals surface area contributed by atoms with E-state index in [0.717, 1.165) is 27.8 Å². The molecule has 0 fully saturated rings. The van der Waals surface area contributed by atoms with Crippen LogP contribution >= 0.6 is 0 Å². The fourth-order valence-electron chi connectivity index (χ4n) is 4.86. The van der Waals surface area contributed by atoms with Gasteiger partial charge in [0.15, 0.2) is 0 Å². The molecule has 0 aliphatic rings. The molecule has 0 saturated heterocycles. The highest BCUT2D eigenvalue weighted by Crippen LogP contribution is 2.36. The van der Waals surface area contributed by atoms with Gasteiger partial charge < -0.3 is 4.57 Å². The Morgan fingerprint density at radius 2 is 1.44 bits per heavy atom. The summed E-state index contributed by atoms with van der Waals surface area (Å²) < 4.78 is 2.25. The van der Waals surface area contributed by atoms with E-state index in [1.807, 2.05) is 24.3 Å². The second-order valence-corrected chi connectivity index (χ2v) is 8.48. The number of hydrogen-bond donors (Lipinski definition) is 0. The zero-order chi connectivity index (χ0) is 23.1. The fourth-order valence-corrected chi connectivity index (χ4v) is 4.86. The number of para-hydroxylation sites is 1. The van der Waals surface area contributed by atoms with E-state index in [0.29, 0.717) is 5.56 Å². The van der Waals surface area contributed by atoms with Gasteiger partial charge in [0.1, 0.15) is 0 Å². The lowest BCUT2D eigenvalue weighted by Gasteiger charge is -2.12. The minimum atomic E-state index is 0.645. The zero-order valence-electron chi connectivity index (χ0n) is 18.7. The van der Waals surface area contributed by atoms with Gasteiger partial charge in [0, 0.05) is 28.9 Å². The van der Waals surface area contributed by atoms with Crippen molar-refractivity contribution in [2.45, 2.75) is 6.92 Å². The first-order valence-electron chi connectivity index (χ1n) is 11.3. The summed E-state index contributed by atoms with van der Waals surface area (Å²) in [5.41, 5.74) is 9.48. The maximum atomic E-state index is 9.94. The molecule has 0 amide bonds. The van der Waals surface area contributed by atoms with Gasteiger partial charge in [0.05, 0.1) is 22.7 Å². The third-order valence-electron chi connectivity index (χ3n) is 6.50. The first-order valence-corrected chi connectivity index (χ1v) is 11.3. The van der Waals surface area contributed by atoms with Crippen LogP contribution in [-0.4, -0.2) is 9.55 Å². The molecule has 6 aromatic rings. The van der Waals surface area contributed by atoms with Crippen LogP contribution in [0.4, 0.5) is 0 Å². The van der Waals surface area contributed by atoms with Gasteiger partial charge in [0.2, 0.25) is 0 Å². The Morgan fingerprint density at radius 3 is 2.26 bits per heavy atom. The van der Waals surface area contributed by atoms with Crippen molar-refractivity contribution in [3.05, 3.63) is 121 Å². The largest absolute Gasteiger partial charge is 0.309 e. The molecule has 3 nitrogen and oxygen atoms in total. The first kappa shape index (κ1) is 20.0. The van der Waals surface area contributed by atoms with Crippen molar-refractivity contribution in [1.29, 1.82) is 5.26 Å². The van der Waals surface area contributed by atoms with Crippen LogP contribution in [0.2, 0.25) is 0 Å². The van der Waals surface area contributed by atoms with Crippen molar-refractivity contribution in [2.75, 3.05) is 0 Å².